The summed E-state index contributed by atoms with van der Waals surface area (Å²) in [4.78, 5) is 26.9. The molecule has 226 valence electrons. The third kappa shape index (κ3) is 8.55. The van der Waals surface area contributed by atoms with Crippen molar-refractivity contribution in [1.82, 2.24) is 14.1 Å². The Morgan fingerprint density at radius 2 is 1.82 bits per heavy atom. The lowest BCUT2D eigenvalue weighted by atomic mass is 9.95. The number of likely N-dealkylation sites (N-methyl/N-ethyl adjacent to an activating group) is 1. The van der Waals surface area contributed by atoms with Crippen LogP contribution in [0.3, 0.4) is 0 Å². The van der Waals surface area contributed by atoms with Gasteiger partial charge in [-0.2, -0.15) is 4.31 Å². The van der Waals surface area contributed by atoms with Gasteiger partial charge < -0.3 is 14.4 Å². The van der Waals surface area contributed by atoms with Gasteiger partial charge in [0.2, 0.25) is 15.9 Å². The van der Waals surface area contributed by atoms with E-state index in [0.717, 1.165) is 24.9 Å². The maximum absolute atomic E-state index is 13.7. The van der Waals surface area contributed by atoms with E-state index in [1.165, 1.54) is 17.1 Å². The highest BCUT2D eigenvalue weighted by Gasteiger charge is 2.55. The van der Waals surface area contributed by atoms with Gasteiger partial charge in [-0.3, -0.25) is 9.69 Å². The molecular formula is C29H46ClN3O5S2. The minimum Gasteiger partial charge on any atom is -0.382 e. The van der Waals surface area contributed by atoms with E-state index in [-0.39, 0.29) is 28.6 Å². The van der Waals surface area contributed by atoms with Gasteiger partial charge in [-0.15, -0.1) is 11.8 Å². The van der Waals surface area contributed by atoms with Gasteiger partial charge in [-0.25, -0.2) is 8.42 Å². The predicted octanol–water partition coefficient (Wildman–Crippen LogP) is 5.05. The topological polar surface area (TPSA) is 87.2 Å². The summed E-state index contributed by atoms with van der Waals surface area (Å²) in [6.45, 7) is 11.6. The lowest BCUT2D eigenvalue weighted by Gasteiger charge is -2.40. The van der Waals surface area contributed by atoms with E-state index in [2.05, 4.69) is 18.7 Å². The molecule has 2 aliphatic heterocycles. The molecular weight excluding hydrogens is 570 g/mol. The van der Waals surface area contributed by atoms with Crippen molar-refractivity contribution in [1.29, 1.82) is 0 Å². The Bertz CT molecular complexity index is 1150. The molecule has 1 amide bonds. The first kappa shape index (κ1) is 34.8. The van der Waals surface area contributed by atoms with Gasteiger partial charge in [0.05, 0.1) is 18.1 Å². The number of aryl methyl sites for hydroxylation is 1. The Hall–Kier alpha value is -1.43. The van der Waals surface area contributed by atoms with Crippen molar-refractivity contribution in [3.63, 3.8) is 0 Å². The van der Waals surface area contributed by atoms with Crippen LogP contribution in [0.2, 0.25) is 5.02 Å². The quantitative estimate of drug-likeness (QED) is 0.341. The third-order valence-corrected chi connectivity index (χ3v) is 11.7. The highest BCUT2D eigenvalue weighted by molar-refractivity contribution is 8.02. The fourth-order valence-corrected chi connectivity index (χ4v) is 8.67. The highest BCUT2D eigenvalue weighted by atomic mass is 35.5. The molecule has 2 saturated heterocycles. The zero-order valence-corrected chi connectivity index (χ0v) is 27.4. The van der Waals surface area contributed by atoms with Crippen LogP contribution in [0.1, 0.15) is 64.5 Å². The van der Waals surface area contributed by atoms with Crippen LogP contribution >= 0.6 is 23.4 Å². The number of carbonyl (C=O) groups excluding carboxylic acids is 2. The lowest BCUT2D eigenvalue weighted by molar-refractivity contribution is -0.130. The lowest BCUT2D eigenvalue weighted by Crippen LogP contribution is -2.53. The molecule has 1 spiro atoms. The molecule has 0 bridgehead atoms. The predicted molar refractivity (Wildman–Crippen MR) is 166 cm³/mol. The average molecular weight is 616 g/mol. The first-order valence-corrected chi connectivity index (χ1v) is 16.5. The number of ether oxygens (including phenoxy) is 1. The van der Waals surface area contributed by atoms with Crippen LogP contribution in [-0.2, 0) is 24.3 Å². The minimum atomic E-state index is -3.95. The molecule has 11 heteroatoms. The number of hydrogen-bond acceptors (Lipinski definition) is 7. The van der Waals surface area contributed by atoms with Crippen LogP contribution < -0.4 is 0 Å². The Balaban J connectivity index is 0.00000131. The van der Waals surface area contributed by atoms with Crippen LogP contribution in [0.15, 0.2) is 23.1 Å². The average Bonchev–Trinajstić information content (AvgIpc) is 3.16. The Labute approximate surface area is 250 Å². The van der Waals surface area contributed by atoms with Gasteiger partial charge in [0.1, 0.15) is 11.2 Å². The van der Waals surface area contributed by atoms with Crippen LogP contribution in [-0.4, -0.2) is 97.8 Å². The zero-order chi connectivity index (χ0) is 30.1. The summed E-state index contributed by atoms with van der Waals surface area (Å²) < 4.78 is 34.1. The number of nitrogens with zero attached hydrogens (tertiary/aromatic N) is 3. The maximum Gasteiger partial charge on any atom is 0.239 e. The number of halogens is 1. The van der Waals surface area contributed by atoms with E-state index in [1.54, 1.807) is 50.9 Å². The summed E-state index contributed by atoms with van der Waals surface area (Å²) in [5.74, 6) is 0.0739. The standard InChI is InChI=1S/C25H36ClN3O5S2.C4H10/c1-19-6-7-23(26)15-22(19)14-20(2)36(32,33)29(12-13-30)17-25(18-34-5)27(4)16-24(35-25)8-10-28(11-9-24)21(3)31;1-3-4-2/h6-7,13-15H,8-12,16-18H2,1-5H3;3-4H2,1-2H3/b20-14+;. The second-order valence-corrected chi connectivity index (χ2v) is 15.1. The molecule has 1 aromatic carbocycles. The molecule has 3 rings (SSSR count). The number of thioether (sulfide) groups is 1. The zero-order valence-electron chi connectivity index (χ0n) is 25.0. The number of sulfonamides is 1. The van der Waals surface area contributed by atoms with Gasteiger partial charge in [-0.1, -0.05) is 44.4 Å². The largest absolute Gasteiger partial charge is 0.382 e. The second-order valence-electron chi connectivity index (χ2n) is 10.7. The Morgan fingerprint density at radius 3 is 2.35 bits per heavy atom. The summed E-state index contributed by atoms with van der Waals surface area (Å²) >= 11 is 7.85. The van der Waals surface area contributed by atoms with Crippen molar-refractivity contribution in [2.24, 2.45) is 0 Å². The summed E-state index contributed by atoms with van der Waals surface area (Å²) in [5, 5.41) is 0.519. The first-order valence-electron chi connectivity index (χ1n) is 13.8. The number of amides is 1. The number of rotatable bonds is 10. The minimum absolute atomic E-state index is 0.0739. The fraction of sp³-hybridized carbons (Fsp3) is 0.655. The summed E-state index contributed by atoms with van der Waals surface area (Å²) in [6, 6.07) is 5.32. The number of benzene rings is 1. The number of carbonyl (C=O) groups is 2. The molecule has 2 heterocycles. The van der Waals surface area contributed by atoms with Crippen LogP contribution in [0, 0.1) is 6.92 Å². The van der Waals surface area contributed by atoms with Gasteiger partial charge >= 0.3 is 0 Å². The van der Waals surface area contributed by atoms with Crippen molar-refractivity contribution in [2.75, 3.05) is 53.5 Å². The molecule has 40 heavy (non-hydrogen) atoms. The molecule has 1 aromatic rings. The molecule has 0 radical (unpaired) electrons. The number of allylic oxidation sites excluding steroid dienone is 1. The van der Waals surface area contributed by atoms with Crippen molar-refractivity contribution in [3.05, 3.63) is 39.3 Å². The number of aldehydes is 1. The number of likely N-dealkylation sites (tertiary alicyclic amines) is 1. The van der Waals surface area contributed by atoms with Crippen molar-refractivity contribution in [3.8, 4) is 0 Å². The van der Waals surface area contributed by atoms with Crippen LogP contribution in [0.4, 0.5) is 0 Å². The van der Waals surface area contributed by atoms with Gasteiger partial charge in [-0.05, 0) is 63.1 Å². The van der Waals surface area contributed by atoms with Crippen LogP contribution in [0.5, 0.6) is 0 Å². The van der Waals surface area contributed by atoms with E-state index in [4.69, 9.17) is 16.3 Å². The van der Waals surface area contributed by atoms with E-state index in [1.807, 2.05) is 24.9 Å². The number of methoxy groups -OCH3 is 1. The summed E-state index contributed by atoms with van der Waals surface area (Å²) in [7, 11) is -0.373. The molecule has 0 N–H and O–H groups in total. The van der Waals surface area contributed by atoms with Crippen molar-refractivity contribution < 1.29 is 22.7 Å². The molecule has 2 fully saturated rings. The van der Waals surface area contributed by atoms with Gasteiger partial charge in [0.25, 0.3) is 0 Å². The van der Waals surface area contributed by atoms with Crippen molar-refractivity contribution >= 4 is 51.7 Å². The molecule has 1 atom stereocenters. The number of piperidine rings is 1. The molecule has 0 saturated carbocycles. The molecule has 8 nitrogen and oxygen atoms in total. The van der Waals surface area contributed by atoms with E-state index >= 15 is 0 Å². The Kier molecular flexibility index (Phi) is 13.2. The molecule has 1 unspecified atom stereocenters. The van der Waals surface area contributed by atoms with Crippen molar-refractivity contribution in [2.45, 2.75) is 69.9 Å². The maximum atomic E-state index is 13.7. The first-order chi connectivity index (χ1) is 18.8. The molecule has 2 aliphatic rings. The summed E-state index contributed by atoms with van der Waals surface area (Å²) in [6.07, 6.45) is 6.50. The Morgan fingerprint density at radius 1 is 1.20 bits per heavy atom. The highest BCUT2D eigenvalue weighted by Crippen LogP contribution is 2.52. The third-order valence-electron chi connectivity index (χ3n) is 7.67. The second kappa shape index (κ2) is 15.2. The number of hydrogen-bond donors (Lipinski definition) is 0. The summed E-state index contributed by atoms with van der Waals surface area (Å²) in [5.41, 5.74) is 1.61. The molecule has 0 aromatic heterocycles. The van der Waals surface area contributed by atoms with Crippen LogP contribution in [0.25, 0.3) is 6.08 Å². The van der Waals surface area contributed by atoms with Gasteiger partial charge in [0, 0.05) is 50.0 Å². The van der Waals surface area contributed by atoms with E-state index in [9.17, 15) is 18.0 Å². The van der Waals surface area contributed by atoms with E-state index < -0.39 is 14.9 Å². The fourth-order valence-electron chi connectivity index (χ4n) is 5.01. The smallest absolute Gasteiger partial charge is 0.239 e. The normalized spacial score (nSPS) is 21.4. The molecule has 0 aliphatic carbocycles. The van der Waals surface area contributed by atoms with E-state index in [0.29, 0.717) is 36.6 Å². The SMILES string of the molecule is CCCC.COCC1(CN(CC=O)S(=O)(=O)/C(C)=C/c2cc(Cl)ccc2C)SC2(CCN(C(C)=O)CC2)CN1C. The monoisotopic (exact) mass is 615 g/mol. The van der Waals surface area contributed by atoms with Gasteiger partial charge in [0.15, 0.2) is 0 Å². The number of unbranched alkanes of at least 4 members (excludes halogenated alkanes) is 1.